The van der Waals surface area contributed by atoms with Crippen LogP contribution in [0.15, 0.2) is 48.5 Å². The summed E-state index contributed by atoms with van der Waals surface area (Å²) in [6.45, 7) is 13.7. The SMILES string of the molecule is CCN(CC)c1ccc(/C=C/[C@@]23NC(=O)CCN2c2ccc(C)cc2C3(C)C)cc1. The molecule has 0 aromatic heterocycles. The van der Waals surface area contributed by atoms with Gasteiger partial charge in [-0.3, -0.25) is 4.79 Å². The van der Waals surface area contributed by atoms with Gasteiger partial charge in [-0.2, -0.15) is 0 Å². The molecule has 1 amide bonds. The van der Waals surface area contributed by atoms with E-state index in [1.165, 1.54) is 22.5 Å². The van der Waals surface area contributed by atoms with Crippen molar-refractivity contribution in [2.75, 3.05) is 29.4 Å². The Morgan fingerprint density at radius 1 is 1.10 bits per heavy atom. The van der Waals surface area contributed by atoms with Crippen molar-refractivity contribution in [3.8, 4) is 0 Å². The molecule has 4 nitrogen and oxygen atoms in total. The van der Waals surface area contributed by atoms with Crippen LogP contribution in [-0.2, 0) is 10.2 Å². The summed E-state index contributed by atoms with van der Waals surface area (Å²) in [6, 6.07) is 15.3. The second-order valence-electron chi connectivity index (χ2n) is 8.96. The summed E-state index contributed by atoms with van der Waals surface area (Å²) >= 11 is 0. The second-order valence-corrected chi connectivity index (χ2v) is 8.96. The van der Waals surface area contributed by atoms with E-state index >= 15 is 0 Å². The Kier molecular flexibility index (Phi) is 5.13. The van der Waals surface area contributed by atoms with Gasteiger partial charge in [0, 0.05) is 42.8 Å². The molecule has 1 N–H and O–H groups in total. The van der Waals surface area contributed by atoms with Gasteiger partial charge in [0.2, 0.25) is 5.91 Å². The smallest absolute Gasteiger partial charge is 0.223 e. The van der Waals surface area contributed by atoms with E-state index in [1.54, 1.807) is 0 Å². The maximum Gasteiger partial charge on any atom is 0.223 e. The third-order valence-electron chi connectivity index (χ3n) is 6.93. The van der Waals surface area contributed by atoms with Crippen LogP contribution >= 0.6 is 0 Å². The molecule has 0 aliphatic carbocycles. The van der Waals surface area contributed by atoms with E-state index in [4.69, 9.17) is 0 Å². The number of anilines is 2. The lowest BCUT2D eigenvalue weighted by Gasteiger charge is -2.49. The van der Waals surface area contributed by atoms with Gasteiger partial charge < -0.3 is 15.1 Å². The molecule has 2 aromatic rings. The number of aryl methyl sites for hydroxylation is 1. The Morgan fingerprint density at radius 3 is 2.47 bits per heavy atom. The molecule has 1 saturated heterocycles. The summed E-state index contributed by atoms with van der Waals surface area (Å²) in [7, 11) is 0. The number of hydrogen-bond acceptors (Lipinski definition) is 3. The predicted molar refractivity (Wildman–Crippen MR) is 126 cm³/mol. The van der Waals surface area contributed by atoms with Crippen molar-refractivity contribution in [1.29, 1.82) is 0 Å². The monoisotopic (exact) mass is 403 g/mol. The van der Waals surface area contributed by atoms with Crippen LogP contribution in [0.5, 0.6) is 0 Å². The van der Waals surface area contributed by atoms with Crippen LogP contribution in [0.25, 0.3) is 6.08 Å². The topological polar surface area (TPSA) is 35.6 Å². The fourth-order valence-corrected chi connectivity index (χ4v) is 5.07. The minimum Gasteiger partial charge on any atom is -0.372 e. The van der Waals surface area contributed by atoms with E-state index in [-0.39, 0.29) is 11.3 Å². The molecule has 2 heterocycles. The van der Waals surface area contributed by atoms with Gasteiger partial charge in [0.15, 0.2) is 0 Å². The zero-order valence-electron chi connectivity index (χ0n) is 18.8. The molecule has 1 atom stereocenters. The van der Waals surface area contributed by atoms with Gasteiger partial charge in [-0.25, -0.2) is 0 Å². The average Bonchev–Trinajstić information content (AvgIpc) is 2.92. The fourth-order valence-electron chi connectivity index (χ4n) is 5.07. The highest BCUT2D eigenvalue weighted by Gasteiger charge is 2.57. The Labute approximate surface area is 180 Å². The highest BCUT2D eigenvalue weighted by molar-refractivity contribution is 5.84. The van der Waals surface area contributed by atoms with Crippen LogP contribution in [0.2, 0.25) is 0 Å². The number of benzene rings is 2. The summed E-state index contributed by atoms with van der Waals surface area (Å²) in [4.78, 5) is 17.3. The van der Waals surface area contributed by atoms with Crippen LogP contribution in [0, 0.1) is 6.92 Å². The predicted octanol–water partition coefficient (Wildman–Crippen LogP) is 4.87. The molecule has 158 valence electrons. The molecule has 0 bridgehead atoms. The zero-order valence-corrected chi connectivity index (χ0v) is 18.8. The molecular formula is C26H33N3O. The summed E-state index contributed by atoms with van der Waals surface area (Å²) in [5.41, 5.74) is 5.35. The number of amides is 1. The molecular weight excluding hydrogens is 370 g/mol. The first-order valence-electron chi connectivity index (χ1n) is 11.1. The van der Waals surface area contributed by atoms with Gasteiger partial charge in [-0.05, 0) is 56.2 Å². The minimum atomic E-state index is -0.560. The highest BCUT2D eigenvalue weighted by Crippen LogP contribution is 2.52. The quantitative estimate of drug-likeness (QED) is 0.774. The first-order chi connectivity index (χ1) is 14.3. The third kappa shape index (κ3) is 3.10. The maximum atomic E-state index is 12.5. The lowest BCUT2D eigenvalue weighted by atomic mass is 9.74. The summed E-state index contributed by atoms with van der Waals surface area (Å²) < 4.78 is 0. The summed E-state index contributed by atoms with van der Waals surface area (Å²) in [6.07, 6.45) is 4.88. The molecule has 4 rings (SSSR count). The molecule has 2 aliphatic heterocycles. The van der Waals surface area contributed by atoms with Gasteiger partial charge in [0.25, 0.3) is 0 Å². The van der Waals surface area contributed by atoms with Gasteiger partial charge >= 0.3 is 0 Å². The average molecular weight is 404 g/mol. The lowest BCUT2D eigenvalue weighted by Crippen LogP contribution is -2.68. The molecule has 2 aromatic carbocycles. The molecule has 4 heteroatoms. The van der Waals surface area contributed by atoms with E-state index in [0.29, 0.717) is 6.42 Å². The Balaban J connectivity index is 1.73. The van der Waals surface area contributed by atoms with Gasteiger partial charge in [-0.15, -0.1) is 0 Å². The Bertz CT molecular complexity index is 972. The normalized spacial score (nSPS) is 22.0. The van der Waals surface area contributed by atoms with Crippen molar-refractivity contribution in [1.82, 2.24) is 5.32 Å². The maximum absolute atomic E-state index is 12.5. The summed E-state index contributed by atoms with van der Waals surface area (Å²) in [5, 5.41) is 3.36. The number of nitrogens with zero attached hydrogens (tertiary/aromatic N) is 2. The Morgan fingerprint density at radius 2 is 1.80 bits per heavy atom. The molecule has 30 heavy (non-hydrogen) atoms. The number of fused-ring (bicyclic) bond motifs is 3. The largest absolute Gasteiger partial charge is 0.372 e. The third-order valence-corrected chi connectivity index (χ3v) is 6.93. The van der Waals surface area contributed by atoms with Gasteiger partial charge in [0.05, 0.1) is 0 Å². The number of carbonyl (C=O) groups is 1. The van der Waals surface area contributed by atoms with E-state index in [2.05, 4.69) is 104 Å². The van der Waals surface area contributed by atoms with Crippen LogP contribution in [0.3, 0.4) is 0 Å². The summed E-state index contributed by atoms with van der Waals surface area (Å²) in [5.74, 6) is 0.116. The van der Waals surface area contributed by atoms with Gasteiger partial charge in [-0.1, -0.05) is 49.8 Å². The molecule has 2 aliphatic rings. The number of rotatable bonds is 5. The highest BCUT2D eigenvalue weighted by atomic mass is 16.2. The van der Waals surface area contributed by atoms with Crippen LogP contribution in [-0.4, -0.2) is 31.2 Å². The van der Waals surface area contributed by atoms with Crippen molar-refractivity contribution in [2.45, 2.75) is 52.1 Å². The van der Waals surface area contributed by atoms with Crippen molar-refractivity contribution < 1.29 is 4.79 Å². The van der Waals surface area contributed by atoms with Crippen molar-refractivity contribution >= 4 is 23.4 Å². The van der Waals surface area contributed by atoms with E-state index < -0.39 is 5.66 Å². The fraction of sp³-hybridized carbons (Fsp3) is 0.423. The van der Waals surface area contributed by atoms with Crippen LogP contribution < -0.4 is 15.1 Å². The number of carbonyl (C=O) groups excluding carboxylic acids is 1. The van der Waals surface area contributed by atoms with E-state index in [9.17, 15) is 4.79 Å². The zero-order chi connectivity index (χ0) is 21.5. The van der Waals surface area contributed by atoms with Crippen molar-refractivity contribution in [3.05, 3.63) is 65.2 Å². The molecule has 0 unspecified atom stereocenters. The van der Waals surface area contributed by atoms with Crippen LogP contribution in [0.1, 0.15) is 50.8 Å². The Hall–Kier alpha value is -2.75. The van der Waals surface area contributed by atoms with Gasteiger partial charge in [0.1, 0.15) is 5.66 Å². The minimum absolute atomic E-state index is 0.116. The lowest BCUT2D eigenvalue weighted by molar-refractivity contribution is -0.124. The van der Waals surface area contributed by atoms with E-state index in [1.807, 2.05) is 0 Å². The number of nitrogens with one attached hydrogen (secondary N) is 1. The molecule has 0 saturated carbocycles. The van der Waals surface area contributed by atoms with Crippen molar-refractivity contribution in [2.24, 2.45) is 0 Å². The van der Waals surface area contributed by atoms with Crippen LogP contribution in [0.4, 0.5) is 11.4 Å². The molecule has 0 radical (unpaired) electrons. The number of hydrogen-bond donors (Lipinski definition) is 1. The molecule has 1 fully saturated rings. The first kappa shape index (κ1) is 20.5. The second kappa shape index (κ2) is 7.50. The first-order valence-corrected chi connectivity index (χ1v) is 11.1. The standard InChI is InChI=1S/C26H33N3O/c1-6-28(7-2)21-11-9-20(10-12-21)14-16-26-25(4,5)22-18-19(3)8-13-23(22)29(26)17-15-24(30)27-26/h8-14,16,18H,6-7,15,17H2,1-5H3,(H,27,30)/b16-14+/t26-/m1/s1. The van der Waals surface area contributed by atoms with E-state index in [0.717, 1.165) is 25.2 Å². The van der Waals surface area contributed by atoms with Crippen molar-refractivity contribution in [3.63, 3.8) is 0 Å². The molecule has 0 spiro atoms.